The minimum atomic E-state index is -0.507. The summed E-state index contributed by atoms with van der Waals surface area (Å²) in [6, 6.07) is 10.3. The van der Waals surface area contributed by atoms with Crippen LogP contribution in [0.25, 0.3) is 11.1 Å². The summed E-state index contributed by atoms with van der Waals surface area (Å²) in [5.74, 6) is -0.484. The van der Waals surface area contributed by atoms with Crippen LogP contribution in [0.3, 0.4) is 0 Å². The largest absolute Gasteiger partial charge is 0.417 e. The first kappa shape index (κ1) is 14.9. The molecule has 0 aliphatic carbocycles. The summed E-state index contributed by atoms with van der Waals surface area (Å²) in [6.07, 6.45) is 0.490. The van der Waals surface area contributed by atoms with Crippen molar-refractivity contribution < 1.29 is 9.21 Å². The first-order valence-electron chi connectivity index (χ1n) is 6.58. The van der Waals surface area contributed by atoms with Gasteiger partial charge in [0, 0.05) is 22.9 Å². The Hall–Kier alpha value is -2.04. The molecule has 3 rings (SSSR count). The fraction of sp³-hybridized carbons (Fsp3) is 0.125. The lowest BCUT2D eigenvalue weighted by molar-refractivity contribution is -0.117. The molecule has 0 aliphatic rings. The summed E-state index contributed by atoms with van der Waals surface area (Å²) < 4.78 is 4.98. The van der Waals surface area contributed by atoms with E-state index in [1.165, 1.54) is 0 Å². The summed E-state index contributed by atoms with van der Waals surface area (Å²) in [5, 5.41) is 1.01. The van der Waals surface area contributed by atoms with Gasteiger partial charge in [0.2, 0.25) is 0 Å². The maximum Gasteiger partial charge on any atom is 0.417 e. The number of hydrogen-bond donors (Lipinski definition) is 1. The molecule has 3 aromatic rings. The molecule has 0 bridgehead atoms. The second-order valence-electron chi connectivity index (χ2n) is 5.01. The molecule has 1 aromatic heterocycles. The number of Topliss-reactive ketones (excluding diaryl/α,β-unsaturated/α-hetero) is 1. The second kappa shape index (κ2) is 5.99. The van der Waals surface area contributed by atoms with Crippen molar-refractivity contribution in [1.82, 2.24) is 4.98 Å². The SMILES string of the molecule is O=C(Cc1cc(Cl)cc(Cl)c1)Cc1ccc2[nH]c(=O)oc2c1. The third-order valence-electron chi connectivity index (χ3n) is 3.21. The maximum atomic E-state index is 12.2. The molecule has 0 radical (unpaired) electrons. The molecule has 0 atom stereocenters. The number of hydrogen-bond acceptors (Lipinski definition) is 3. The van der Waals surface area contributed by atoms with Crippen molar-refractivity contribution in [3.63, 3.8) is 0 Å². The highest BCUT2D eigenvalue weighted by molar-refractivity contribution is 6.34. The van der Waals surface area contributed by atoms with Gasteiger partial charge in [-0.3, -0.25) is 9.78 Å². The lowest BCUT2D eigenvalue weighted by Crippen LogP contribution is -2.06. The van der Waals surface area contributed by atoms with Crippen LogP contribution in [0.15, 0.2) is 45.6 Å². The van der Waals surface area contributed by atoms with Crippen molar-refractivity contribution in [1.29, 1.82) is 0 Å². The predicted molar refractivity (Wildman–Crippen MR) is 85.7 cm³/mol. The van der Waals surface area contributed by atoms with Crippen LogP contribution in [0, 0.1) is 0 Å². The van der Waals surface area contributed by atoms with E-state index in [9.17, 15) is 9.59 Å². The fourth-order valence-electron chi connectivity index (χ4n) is 2.33. The quantitative estimate of drug-likeness (QED) is 0.789. The Morgan fingerprint density at radius 3 is 2.41 bits per heavy atom. The molecule has 0 amide bonds. The van der Waals surface area contributed by atoms with Gasteiger partial charge in [-0.1, -0.05) is 29.3 Å². The van der Waals surface area contributed by atoms with E-state index in [-0.39, 0.29) is 18.6 Å². The Kier molecular flexibility index (Phi) is 4.05. The number of carbonyl (C=O) groups is 1. The van der Waals surface area contributed by atoms with Crippen molar-refractivity contribution in [2.75, 3.05) is 0 Å². The van der Waals surface area contributed by atoms with Crippen molar-refractivity contribution in [2.45, 2.75) is 12.8 Å². The minimum absolute atomic E-state index is 0.0237. The molecular formula is C16H11Cl2NO3. The van der Waals surface area contributed by atoms with Crippen LogP contribution in [0.5, 0.6) is 0 Å². The highest BCUT2D eigenvalue weighted by Gasteiger charge is 2.09. The molecule has 4 nitrogen and oxygen atoms in total. The van der Waals surface area contributed by atoms with E-state index in [1.807, 2.05) is 0 Å². The van der Waals surface area contributed by atoms with Crippen LogP contribution in [0.1, 0.15) is 11.1 Å². The number of rotatable bonds is 4. The maximum absolute atomic E-state index is 12.2. The van der Waals surface area contributed by atoms with Gasteiger partial charge in [0.25, 0.3) is 0 Å². The van der Waals surface area contributed by atoms with Gasteiger partial charge >= 0.3 is 5.76 Å². The molecule has 0 fully saturated rings. The van der Waals surface area contributed by atoms with Gasteiger partial charge in [-0.05, 0) is 41.5 Å². The van der Waals surface area contributed by atoms with E-state index in [0.29, 0.717) is 21.1 Å². The summed E-state index contributed by atoms with van der Waals surface area (Å²) in [6.45, 7) is 0. The third kappa shape index (κ3) is 3.40. The molecule has 0 saturated carbocycles. The Morgan fingerprint density at radius 2 is 1.68 bits per heavy atom. The van der Waals surface area contributed by atoms with Gasteiger partial charge < -0.3 is 4.42 Å². The van der Waals surface area contributed by atoms with Crippen LogP contribution in [0.4, 0.5) is 0 Å². The van der Waals surface area contributed by atoms with Crippen molar-refractivity contribution >= 4 is 40.1 Å². The number of fused-ring (bicyclic) bond motifs is 1. The number of halogens is 2. The van der Waals surface area contributed by atoms with Crippen molar-refractivity contribution in [3.05, 3.63) is 68.1 Å². The first-order chi connectivity index (χ1) is 10.5. The van der Waals surface area contributed by atoms with Crippen molar-refractivity contribution in [2.24, 2.45) is 0 Å². The number of ketones is 1. The Labute approximate surface area is 135 Å². The highest BCUT2D eigenvalue weighted by Crippen LogP contribution is 2.20. The molecule has 0 aliphatic heterocycles. The monoisotopic (exact) mass is 335 g/mol. The van der Waals surface area contributed by atoms with Gasteiger partial charge in [0.1, 0.15) is 5.78 Å². The van der Waals surface area contributed by atoms with E-state index in [1.54, 1.807) is 36.4 Å². The highest BCUT2D eigenvalue weighted by atomic mass is 35.5. The molecule has 112 valence electrons. The molecule has 0 saturated heterocycles. The fourth-order valence-corrected chi connectivity index (χ4v) is 2.90. The molecule has 0 spiro atoms. The smallest absolute Gasteiger partial charge is 0.408 e. The number of aromatic nitrogens is 1. The zero-order valence-electron chi connectivity index (χ0n) is 11.4. The summed E-state index contributed by atoms with van der Waals surface area (Å²) in [4.78, 5) is 25.8. The molecule has 1 heterocycles. The molecule has 6 heteroatoms. The number of H-pyrrole nitrogens is 1. The molecule has 0 unspecified atom stereocenters. The Balaban J connectivity index is 1.76. The van der Waals surface area contributed by atoms with E-state index >= 15 is 0 Å². The van der Waals surface area contributed by atoms with Gasteiger partial charge in [0.05, 0.1) is 5.52 Å². The van der Waals surface area contributed by atoms with Crippen LogP contribution in [0.2, 0.25) is 10.0 Å². The van der Waals surface area contributed by atoms with Crippen LogP contribution in [-0.2, 0) is 17.6 Å². The molecule has 1 N–H and O–H groups in total. The van der Waals surface area contributed by atoms with E-state index in [4.69, 9.17) is 27.6 Å². The topological polar surface area (TPSA) is 63.1 Å². The number of aromatic amines is 1. The van der Waals surface area contributed by atoms with Gasteiger partial charge in [-0.15, -0.1) is 0 Å². The normalized spacial score (nSPS) is 11.0. The van der Waals surface area contributed by atoms with Crippen molar-refractivity contribution in [3.8, 4) is 0 Å². The first-order valence-corrected chi connectivity index (χ1v) is 7.33. The van der Waals surface area contributed by atoms with Gasteiger partial charge in [-0.2, -0.15) is 0 Å². The van der Waals surface area contributed by atoms with E-state index < -0.39 is 5.76 Å². The van der Waals surface area contributed by atoms with Crippen LogP contribution < -0.4 is 5.76 Å². The van der Waals surface area contributed by atoms with Crippen LogP contribution >= 0.6 is 23.2 Å². The lowest BCUT2D eigenvalue weighted by Gasteiger charge is -2.04. The summed E-state index contributed by atoms with van der Waals surface area (Å²) in [5.41, 5.74) is 2.62. The average Bonchev–Trinajstić information content (AvgIpc) is 2.76. The number of oxazole rings is 1. The molecule has 22 heavy (non-hydrogen) atoms. The third-order valence-corrected chi connectivity index (χ3v) is 3.65. The lowest BCUT2D eigenvalue weighted by atomic mass is 10.0. The average molecular weight is 336 g/mol. The number of carbonyl (C=O) groups excluding carboxylic acids is 1. The van der Waals surface area contributed by atoms with E-state index in [0.717, 1.165) is 11.1 Å². The standard InChI is InChI=1S/C16H11Cl2NO3/c17-11-3-10(4-12(18)8-11)6-13(20)5-9-1-2-14-15(7-9)22-16(21)19-14/h1-4,7-8H,5-6H2,(H,19,21). The number of nitrogens with one attached hydrogen (secondary N) is 1. The minimum Gasteiger partial charge on any atom is -0.408 e. The zero-order valence-corrected chi connectivity index (χ0v) is 12.9. The molecular weight excluding hydrogens is 325 g/mol. The summed E-state index contributed by atoms with van der Waals surface area (Å²) >= 11 is 11.8. The predicted octanol–water partition coefficient (Wildman–Crippen LogP) is 3.78. The van der Waals surface area contributed by atoms with Crippen LogP contribution in [-0.4, -0.2) is 10.8 Å². The van der Waals surface area contributed by atoms with E-state index in [2.05, 4.69) is 4.98 Å². The Morgan fingerprint density at radius 1 is 1.00 bits per heavy atom. The summed E-state index contributed by atoms with van der Waals surface area (Å²) in [7, 11) is 0. The second-order valence-corrected chi connectivity index (χ2v) is 5.89. The number of benzene rings is 2. The van der Waals surface area contributed by atoms with Gasteiger partial charge in [-0.25, -0.2) is 4.79 Å². The zero-order chi connectivity index (χ0) is 15.7. The van der Waals surface area contributed by atoms with Gasteiger partial charge in [0.15, 0.2) is 5.58 Å². The molecule has 2 aromatic carbocycles. The Bertz CT molecular complexity index is 891.